The summed E-state index contributed by atoms with van der Waals surface area (Å²) < 4.78 is 42.0. The Morgan fingerprint density at radius 3 is 2.49 bits per heavy atom. The van der Waals surface area contributed by atoms with Gasteiger partial charge < -0.3 is 9.80 Å². The van der Waals surface area contributed by atoms with Gasteiger partial charge in [-0.15, -0.1) is 6.42 Å². The van der Waals surface area contributed by atoms with Gasteiger partial charge in [-0.05, 0) is 42.4 Å². The fraction of sp³-hybridized carbons (Fsp3) is 0.357. The van der Waals surface area contributed by atoms with Crippen LogP contribution in [0.4, 0.5) is 18.9 Å². The third-order valence-corrected chi connectivity index (χ3v) is 6.60. The molecule has 4 rings (SSSR count). The number of anilines is 1. The number of piperazine rings is 1. The molecule has 0 unspecified atom stereocenters. The number of para-hydroxylation sites is 1. The van der Waals surface area contributed by atoms with Gasteiger partial charge in [0.05, 0.1) is 18.7 Å². The van der Waals surface area contributed by atoms with Gasteiger partial charge in [-0.2, -0.15) is 13.2 Å². The van der Waals surface area contributed by atoms with Crippen molar-refractivity contribution >= 4 is 17.5 Å². The van der Waals surface area contributed by atoms with E-state index in [-0.39, 0.29) is 30.1 Å². The standard InChI is InChI=1S/C28H29F3N4O2/c1-3-11-32(2)12-7-10-26(36)34-15-13-33(14-16-34)19-21-17-23-24(25(18-21)28(29,30)31)20-35(27(23)37)22-8-5-4-6-9-22/h1,4-10,17-18H,11-16,19-20H2,2H3/b10-7+. The van der Waals surface area contributed by atoms with E-state index in [0.29, 0.717) is 50.5 Å². The number of halogens is 3. The third-order valence-electron chi connectivity index (χ3n) is 6.60. The summed E-state index contributed by atoms with van der Waals surface area (Å²) in [5, 5.41) is 0. The third kappa shape index (κ3) is 6.21. The van der Waals surface area contributed by atoms with E-state index in [1.165, 1.54) is 11.0 Å². The minimum Gasteiger partial charge on any atom is -0.337 e. The molecule has 2 aliphatic heterocycles. The summed E-state index contributed by atoms with van der Waals surface area (Å²) >= 11 is 0. The number of hydrogen-bond acceptors (Lipinski definition) is 4. The summed E-state index contributed by atoms with van der Waals surface area (Å²) in [5.74, 6) is 2.01. The van der Waals surface area contributed by atoms with Gasteiger partial charge in [-0.3, -0.25) is 19.4 Å². The van der Waals surface area contributed by atoms with Crippen LogP contribution in [0, 0.1) is 12.3 Å². The zero-order valence-corrected chi connectivity index (χ0v) is 20.7. The average Bonchev–Trinajstić information content (AvgIpc) is 3.20. The van der Waals surface area contributed by atoms with Gasteiger partial charge in [0, 0.05) is 56.6 Å². The largest absolute Gasteiger partial charge is 0.416 e. The zero-order chi connectivity index (χ0) is 26.6. The summed E-state index contributed by atoms with van der Waals surface area (Å²) in [6, 6.07) is 11.5. The number of amides is 2. The lowest BCUT2D eigenvalue weighted by atomic mass is 9.98. The van der Waals surface area contributed by atoms with Crippen molar-refractivity contribution in [2.75, 3.05) is 51.2 Å². The Kier molecular flexibility index (Phi) is 8.00. The first-order valence-corrected chi connectivity index (χ1v) is 12.1. The van der Waals surface area contributed by atoms with E-state index in [9.17, 15) is 22.8 Å². The van der Waals surface area contributed by atoms with Crippen LogP contribution in [0.2, 0.25) is 0 Å². The van der Waals surface area contributed by atoms with Crippen LogP contribution < -0.4 is 4.90 Å². The van der Waals surface area contributed by atoms with Gasteiger partial charge in [0.2, 0.25) is 5.91 Å². The normalized spacial score (nSPS) is 16.5. The van der Waals surface area contributed by atoms with E-state index in [1.807, 2.05) is 16.8 Å². The van der Waals surface area contributed by atoms with Gasteiger partial charge in [0.25, 0.3) is 5.91 Å². The first-order chi connectivity index (χ1) is 17.7. The van der Waals surface area contributed by atoms with Crippen molar-refractivity contribution in [2.45, 2.75) is 19.3 Å². The highest BCUT2D eigenvalue weighted by Crippen LogP contribution is 2.39. The number of nitrogens with zero attached hydrogens (tertiary/aromatic N) is 4. The van der Waals surface area contributed by atoms with E-state index in [1.54, 1.807) is 47.4 Å². The van der Waals surface area contributed by atoms with Gasteiger partial charge in [0.1, 0.15) is 0 Å². The monoisotopic (exact) mass is 510 g/mol. The quantitative estimate of drug-likeness (QED) is 0.422. The van der Waals surface area contributed by atoms with Crippen LogP contribution in [0.5, 0.6) is 0 Å². The number of fused-ring (bicyclic) bond motifs is 1. The molecular weight excluding hydrogens is 481 g/mol. The molecule has 0 aromatic heterocycles. The Bertz CT molecular complexity index is 1210. The predicted octanol–water partition coefficient (Wildman–Crippen LogP) is 3.63. The van der Waals surface area contributed by atoms with Crippen molar-refractivity contribution < 1.29 is 22.8 Å². The fourth-order valence-corrected chi connectivity index (χ4v) is 4.67. The Morgan fingerprint density at radius 1 is 1.14 bits per heavy atom. The molecule has 2 aromatic carbocycles. The van der Waals surface area contributed by atoms with Crippen LogP contribution in [0.25, 0.3) is 0 Å². The van der Waals surface area contributed by atoms with E-state index in [2.05, 4.69) is 5.92 Å². The zero-order valence-electron chi connectivity index (χ0n) is 20.7. The van der Waals surface area contributed by atoms with Crippen molar-refractivity contribution in [2.24, 2.45) is 0 Å². The second kappa shape index (κ2) is 11.2. The lowest BCUT2D eigenvalue weighted by molar-refractivity contribution is -0.138. The van der Waals surface area contributed by atoms with Crippen LogP contribution >= 0.6 is 0 Å². The summed E-state index contributed by atoms with van der Waals surface area (Å²) in [6.45, 7) is 3.21. The van der Waals surface area contributed by atoms with Crippen molar-refractivity contribution in [1.82, 2.24) is 14.7 Å². The van der Waals surface area contributed by atoms with E-state index in [0.717, 1.165) is 6.07 Å². The maximum Gasteiger partial charge on any atom is 0.416 e. The molecule has 0 atom stereocenters. The molecule has 0 saturated carbocycles. The molecule has 1 saturated heterocycles. The Hall–Kier alpha value is -3.61. The molecule has 1 fully saturated rings. The molecular formula is C28H29F3N4O2. The first kappa shape index (κ1) is 26.5. The number of carbonyl (C=O) groups excluding carboxylic acids is 2. The van der Waals surface area contributed by atoms with E-state index in [4.69, 9.17) is 6.42 Å². The van der Waals surface area contributed by atoms with Crippen LogP contribution in [0.3, 0.4) is 0 Å². The Balaban J connectivity index is 1.43. The minimum absolute atomic E-state index is 0.0141. The van der Waals surface area contributed by atoms with Gasteiger partial charge >= 0.3 is 6.18 Å². The molecule has 0 aliphatic carbocycles. The van der Waals surface area contributed by atoms with E-state index >= 15 is 0 Å². The summed E-state index contributed by atoms with van der Waals surface area (Å²) in [7, 11) is 1.86. The molecule has 2 amide bonds. The summed E-state index contributed by atoms with van der Waals surface area (Å²) in [6.07, 6.45) is 4.00. The van der Waals surface area contributed by atoms with Crippen LogP contribution in [0.1, 0.15) is 27.0 Å². The van der Waals surface area contributed by atoms with Crippen molar-refractivity contribution in [3.05, 3.63) is 76.9 Å². The predicted molar refractivity (Wildman–Crippen MR) is 136 cm³/mol. The van der Waals surface area contributed by atoms with Crippen molar-refractivity contribution in [3.8, 4) is 12.3 Å². The number of carbonyl (C=O) groups is 2. The topological polar surface area (TPSA) is 47.1 Å². The van der Waals surface area contributed by atoms with Gasteiger partial charge in [-0.25, -0.2) is 0 Å². The molecule has 2 aromatic rings. The number of terminal acetylenes is 1. The van der Waals surface area contributed by atoms with Crippen molar-refractivity contribution in [3.63, 3.8) is 0 Å². The number of rotatable bonds is 7. The molecule has 6 nitrogen and oxygen atoms in total. The minimum atomic E-state index is -4.57. The second-order valence-corrected chi connectivity index (χ2v) is 9.30. The van der Waals surface area contributed by atoms with E-state index < -0.39 is 17.6 Å². The summed E-state index contributed by atoms with van der Waals surface area (Å²) in [4.78, 5) is 32.6. The lowest BCUT2D eigenvalue weighted by Gasteiger charge is -2.34. The molecule has 194 valence electrons. The number of benzene rings is 2. The molecule has 0 spiro atoms. The summed E-state index contributed by atoms with van der Waals surface area (Å²) in [5.41, 5.74) is 0.352. The molecule has 0 bridgehead atoms. The molecule has 9 heteroatoms. The maximum atomic E-state index is 14.0. The Labute approximate surface area is 214 Å². The average molecular weight is 511 g/mol. The first-order valence-electron chi connectivity index (χ1n) is 12.1. The molecule has 0 N–H and O–H groups in total. The van der Waals surface area contributed by atoms with Gasteiger partial charge in [0.15, 0.2) is 0 Å². The molecule has 2 heterocycles. The van der Waals surface area contributed by atoms with Crippen LogP contribution in [-0.2, 0) is 24.1 Å². The maximum absolute atomic E-state index is 14.0. The fourth-order valence-electron chi connectivity index (χ4n) is 4.67. The highest BCUT2D eigenvalue weighted by atomic mass is 19.4. The highest BCUT2D eigenvalue weighted by Gasteiger charge is 2.40. The number of alkyl halides is 3. The smallest absolute Gasteiger partial charge is 0.337 e. The van der Waals surface area contributed by atoms with Crippen molar-refractivity contribution in [1.29, 1.82) is 0 Å². The van der Waals surface area contributed by atoms with Gasteiger partial charge in [-0.1, -0.05) is 30.2 Å². The van der Waals surface area contributed by atoms with Crippen LogP contribution in [0.15, 0.2) is 54.6 Å². The number of likely N-dealkylation sites (N-methyl/N-ethyl adjacent to an activating group) is 1. The molecule has 2 aliphatic rings. The number of hydrogen-bond donors (Lipinski definition) is 0. The second-order valence-electron chi connectivity index (χ2n) is 9.30. The Morgan fingerprint density at radius 2 is 1.84 bits per heavy atom. The SMILES string of the molecule is C#CCN(C)C/C=C/C(=O)N1CCN(Cc2cc3c(c(C(F)(F)F)c2)CN(c2ccccc2)C3=O)CC1. The lowest BCUT2D eigenvalue weighted by Crippen LogP contribution is -2.47. The van der Waals surface area contributed by atoms with Crippen LogP contribution in [-0.4, -0.2) is 72.8 Å². The molecule has 0 radical (unpaired) electrons. The molecule has 37 heavy (non-hydrogen) atoms. The highest BCUT2D eigenvalue weighted by molar-refractivity contribution is 6.10.